The molecule has 0 atom stereocenters. The third-order valence-corrected chi connectivity index (χ3v) is 5.34. The zero-order valence-corrected chi connectivity index (χ0v) is 13.7. The number of aromatic hydroxyl groups is 2. The average molecular weight is 340 g/mol. The third kappa shape index (κ3) is 2.67. The molecule has 4 rings (SSSR count). The predicted octanol–water partition coefficient (Wildman–Crippen LogP) is 3.43. The number of hydrogen-bond acceptors (Lipinski definition) is 7. The Labute approximate surface area is 142 Å². The summed E-state index contributed by atoms with van der Waals surface area (Å²) in [6, 6.07) is 4.37. The Morgan fingerprint density at radius 3 is 2.92 bits per heavy atom. The van der Waals surface area contributed by atoms with Crippen molar-refractivity contribution in [2.75, 3.05) is 5.43 Å². The smallest absolute Gasteiger partial charge is 0.158 e. The molecule has 6 nitrogen and oxygen atoms in total. The van der Waals surface area contributed by atoms with Gasteiger partial charge in [0.25, 0.3) is 0 Å². The number of rotatable bonds is 3. The second-order valence-electron chi connectivity index (χ2n) is 5.73. The molecule has 1 aromatic carbocycles. The van der Waals surface area contributed by atoms with Crippen molar-refractivity contribution in [2.45, 2.75) is 25.7 Å². The highest BCUT2D eigenvalue weighted by Gasteiger charge is 2.19. The van der Waals surface area contributed by atoms with Gasteiger partial charge in [0.2, 0.25) is 0 Å². The maximum Gasteiger partial charge on any atom is 0.158 e. The molecule has 0 saturated carbocycles. The lowest BCUT2D eigenvalue weighted by molar-refractivity contribution is 0.450. The number of anilines is 1. The van der Waals surface area contributed by atoms with Crippen LogP contribution < -0.4 is 5.43 Å². The predicted molar refractivity (Wildman–Crippen MR) is 95.0 cm³/mol. The van der Waals surface area contributed by atoms with Crippen molar-refractivity contribution >= 4 is 33.6 Å². The molecule has 1 aliphatic carbocycles. The van der Waals surface area contributed by atoms with Crippen LogP contribution in [0.4, 0.5) is 5.82 Å². The van der Waals surface area contributed by atoms with Crippen LogP contribution in [0.15, 0.2) is 29.6 Å². The second kappa shape index (κ2) is 6.09. The summed E-state index contributed by atoms with van der Waals surface area (Å²) >= 11 is 1.74. The zero-order chi connectivity index (χ0) is 16.5. The van der Waals surface area contributed by atoms with Gasteiger partial charge < -0.3 is 10.2 Å². The van der Waals surface area contributed by atoms with Crippen LogP contribution in [0.5, 0.6) is 11.5 Å². The van der Waals surface area contributed by atoms with E-state index in [4.69, 9.17) is 0 Å². The summed E-state index contributed by atoms with van der Waals surface area (Å²) in [5.74, 6) is 0.676. The van der Waals surface area contributed by atoms with Gasteiger partial charge in [-0.1, -0.05) is 0 Å². The van der Waals surface area contributed by atoms with Gasteiger partial charge in [0.05, 0.1) is 11.6 Å². The lowest BCUT2D eigenvalue weighted by atomic mass is 9.97. The number of hydrazone groups is 1. The molecule has 0 aliphatic heterocycles. The van der Waals surface area contributed by atoms with E-state index < -0.39 is 0 Å². The molecule has 0 unspecified atom stereocenters. The van der Waals surface area contributed by atoms with E-state index >= 15 is 0 Å². The molecule has 122 valence electrons. The van der Waals surface area contributed by atoms with Gasteiger partial charge in [0, 0.05) is 16.5 Å². The standard InChI is InChI=1S/C17H16N4O2S/c22-11-6-5-10(13(23)7-11)8-20-21-16-15-12-3-1-2-4-14(12)24-17(15)19-9-18-16/h5-9,22-23H,1-4H2,(H,18,19,21)/b20-8-. The molecule has 0 saturated heterocycles. The van der Waals surface area contributed by atoms with Crippen molar-refractivity contribution in [1.29, 1.82) is 0 Å². The number of nitrogens with one attached hydrogen (secondary N) is 1. The Hall–Kier alpha value is -2.67. The highest BCUT2D eigenvalue weighted by molar-refractivity contribution is 7.19. The first-order chi connectivity index (χ1) is 11.7. The molecular weight excluding hydrogens is 324 g/mol. The van der Waals surface area contributed by atoms with E-state index in [9.17, 15) is 10.2 Å². The average Bonchev–Trinajstić information content (AvgIpc) is 2.96. The number of benzene rings is 1. The molecule has 2 heterocycles. The van der Waals surface area contributed by atoms with E-state index in [1.54, 1.807) is 23.7 Å². The van der Waals surface area contributed by atoms with Crippen molar-refractivity contribution in [2.24, 2.45) is 5.10 Å². The van der Waals surface area contributed by atoms with Gasteiger partial charge in [-0.25, -0.2) is 9.97 Å². The summed E-state index contributed by atoms with van der Waals surface area (Å²) in [7, 11) is 0. The SMILES string of the molecule is Oc1ccc(/C=N\Nc2ncnc3sc4c(c23)CCCC4)c(O)c1. The van der Waals surface area contributed by atoms with E-state index in [0.29, 0.717) is 11.4 Å². The molecule has 2 aromatic heterocycles. The van der Waals surface area contributed by atoms with Gasteiger partial charge in [-0.05, 0) is 43.4 Å². The Kier molecular flexibility index (Phi) is 3.78. The number of aryl methyl sites for hydroxylation is 2. The van der Waals surface area contributed by atoms with Crippen LogP contribution in [0.25, 0.3) is 10.2 Å². The molecule has 3 aromatic rings. The molecule has 0 spiro atoms. The van der Waals surface area contributed by atoms with Crippen molar-refractivity contribution in [1.82, 2.24) is 9.97 Å². The number of nitrogens with zero attached hydrogens (tertiary/aromatic N) is 3. The fourth-order valence-corrected chi connectivity index (χ4v) is 4.21. The normalized spacial score (nSPS) is 14.2. The maximum atomic E-state index is 9.78. The van der Waals surface area contributed by atoms with Gasteiger partial charge >= 0.3 is 0 Å². The highest BCUT2D eigenvalue weighted by atomic mass is 32.1. The molecule has 7 heteroatoms. The minimum Gasteiger partial charge on any atom is -0.508 e. The molecule has 0 bridgehead atoms. The Morgan fingerprint density at radius 2 is 2.04 bits per heavy atom. The lowest BCUT2D eigenvalue weighted by Gasteiger charge is -2.11. The summed E-state index contributed by atoms with van der Waals surface area (Å²) < 4.78 is 0. The summed E-state index contributed by atoms with van der Waals surface area (Å²) in [6.07, 6.45) is 7.63. The Balaban J connectivity index is 1.65. The van der Waals surface area contributed by atoms with Crippen LogP contribution in [0, 0.1) is 0 Å². The van der Waals surface area contributed by atoms with Crippen LogP contribution in [0.3, 0.4) is 0 Å². The first-order valence-electron chi connectivity index (χ1n) is 7.78. The summed E-state index contributed by atoms with van der Waals surface area (Å²) in [5.41, 5.74) is 4.82. The highest BCUT2D eigenvalue weighted by Crippen LogP contribution is 2.38. The van der Waals surface area contributed by atoms with Gasteiger partial charge in [-0.2, -0.15) is 5.10 Å². The molecule has 24 heavy (non-hydrogen) atoms. The van der Waals surface area contributed by atoms with E-state index in [1.165, 1.54) is 41.6 Å². The van der Waals surface area contributed by atoms with Gasteiger partial charge in [0.15, 0.2) is 5.82 Å². The van der Waals surface area contributed by atoms with Crippen molar-refractivity contribution in [3.63, 3.8) is 0 Å². The number of thiophene rings is 1. The molecule has 0 fully saturated rings. The van der Waals surface area contributed by atoms with Crippen LogP contribution >= 0.6 is 11.3 Å². The van der Waals surface area contributed by atoms with Gasteiger partial charge in [-0.15, -0.1) is 11.3 Å². The van der Waals surface area contributed by atoms with Crippen LogP contribution in [0.2, 0.25) is 0 Å². The molecule has 0 amide bonds. The Morgan fingerprint density at radius 1 is 1.17 bits per heavy atom. The van der Waals surface area contributed by atoms with Crippen molar-refractivity contribution < 1.29 is 10.2 Å². The maximum absolute atomic E-state index is 9.78. The summed E-state index contributed by atoms with van der Waals surface area (Å²) in [5, 5.41) is 24.3. The van der Waals surface area contributed by atoms with E-state index in [2.05, 4.69) is 20.5 Å². The number of phenolic OH excluding ortho intramolecular Hbond substituents is 2. The van der Waals surface area contributed by atoms with Gasteiger partial charge in [-0.3, -0.25) is 5.43 Å². The fraction of sp³-hybridized carbons (Fsp3) is 0.235. The van der Waals surface area contributed by atoms with Gasteiger partial charge in [0.1, 0.15) is 22.7 Å². The summed E-state index contributed by atoms with van der Waals surface area (Å²) in [6.45, 7) is 0. The van der Waals surface area contributed by atoms with Crippen LogP contribution in [0.1, 0.15) is 28.8 Å². The van der Waals surface area contributed by atoms with Crippen molar-refractivity contribution in [3.8, 4) is 11.5 Å². The summed E-state index contributed by atoms with van der Waals surface area (Å²) in [4.78, 5) is 11.1. The number of fused-ring (bicyclic) bond motifs is 3. The lowest BCUT2D eigenvalue weighted by Crippen LogP contribution is -2.01. The van der Waals surface area contributed by atoms with Crippen LogP contribution in [-0.2, 0) is 12.8 Å². The van der Waals surface area contributed by atoms with E-state index in [1.807, 2.05) is 0 Å². The molecule has 1 aliphatic rings. The first kappa shape index (κ1) is 14.9. The minimum atomic E-state index is -0.0266. The second-order valence-corrected chi connectivity index (χ2v) is 6.81. The van der Waals surface area contributed by atoms with E-state index in [0.717, 1.165) is 23.1 Å². The monoisotopic (exact) mass is 340 g/mol. The first-order valence-corrected chi connectivity index (χ1v) is 8.60. The topological polar surface area (TPSA) is 90.6 Å². The fourth-order valence-electron chi connectivity index (χ4n) is 2.98. The molecule has 3 N–H and O–H groups in total. The minimum absolute atomic E-state index is 0.0139. The van der Waals surface area contributed by atoms with E-state index in [-0.39, 0.29) is 11.5 Å². The molecule has 0 radical (unpaired) electrons. The number of phenols is 2. The largest absolute Gasteiger partial charge is 0.508 e. The van der Waals surface area contributed by atoms with Crippen molar-refractivity contribution in [3.05, 3.63) is 40.5 Å². The third-order valence-electron chi connectivity index (χ3n) is 4.14. The number of hydrogen-bond donors (Lipinski definition) is 3. The molecular formula is C17H16N4O2S. The number of aromatic nitrogens is 2. The van der Waals surface area contributed by atoms with Crippen LogP contribution in [-0.4, -0.2) is 26.4 Å². The zero-order valence-electron chi connectivity index (χ0n) is 12.9. The quantitative estimate of drug-likeness (QED) is 0.502. The Bertz CT molecular complexity index is 936.